The van der Waals surface area contributed by atoms with Crippen LogP contribution in [0.4, 0.5) is 0 Å². The standard InChI is InChI=1S/C13H16ClNO2/c1-15(12(13(16)17)10-5-6-10)8-9-3-2-4-11(14)7-9/h2-4,7,10,12H,5-6,8H2,1H3,(H,16,17). The van der Waals surface area contributed by atoms with Gasteiger partial charge in [0.25, 0.3) is 0 Å². The minimum Gasteiger partial charge on any atom is -0.480 e. The van der Waals surface area contributed by atoms with Crippen molar-refractivity contribution in [2.45, 2.75) is 25.4 Å². The second-order valence-electron chi connectivity index (χ2n) is 4.67. The number of carbonyl (C=O) groups is 1. The molecule has 1 aromatic rings. The largest absolute Gasteiger partial charge is 0.480 e. The quantitative estimate of drug-likeness (QED) is 0.877. The summed E-state index contributed by atoms with van der Waals surface area (Å²) in [5, 5.41) is 9.91. The molecule has 0 spiro atoms. The van der Waals surface area contributed by atoms with Crippen LogP contribution in [0.15, 0.2) is 24.3 Å². The second kappa shape index (κ2) is 5.07. The smallest absolute Gasteiger partial charge is 0.321 e. The maximum Gasteiger partial charge on any atom is 0.321 e. The van der Waals surface area contributed by atoms with Crippen LogP contribution in [0, 0.1) is 5.92 Å². The van der Waals surface area contributed by atoms with Crippen molar-refractivity contribution >= 4 is 17.6 Å². The van der Waals surface area contributed by atoms with E-state index in [4.69, 9.17) is 11.6 Å². The Morgan fingerprint density at radius 1 is 1.59 bits per heavy atom. The van der Waals surface area contributed by atoms with Gasteiger partial charge in [0.1, 0.15) is 6.04 Å². The molecule has 0 aliphatic heterocycles. The predicted octanol–water partition coefficient (Wildman–Crippen LogP) is 2.64. The number of rotatable bonds is 5. The molecule has 1 atom stereocenters. The molecule has 0 bridgehead atoms. The number of hydrogen-bond acceptors (Lipinski definition) is 2. The molecule has 0 radical (unpaired) electrons. The number of benzene rings is 1. The topological polar surface area (TPSA) is 40.5 Å². The number of likely N-dealkylation sites (N-methyl/N-ethyl adjacent to an activating group) is 1. The van der Waals surface area contributed by atoms with Crippen molar-refractivity contribution in [3.8, 4) is 0 Å². The summed E-state index contributed by atoms with van der Waals surface area (Å²) >= 11 is 5.91. The highest BCUT2D eigenvalue weighted by Crippen LogP contribution is 2.35. The van der Waals surface area contributed by atoms with Crippen molar-refractivity contribution in [3.05, 3.63) is 34.9 Å². The first-order chi connectivity index (χ1) is 8.08. The average Bonchev–Trinajstić information content (AvgIpc) is 3.01. The second-order valence-corrected chi connectivity index (χ2v) is 5.10. The molecule has 0 aromatic heterocycles. The van der Waals surface area contributed by atoms with Crippen molar-refractivity contribution in [2.24, 2.45) is 5.92 Å². The van der Waals surface area contributed by atoms with E-state index in [9.17, 15) is 9.90 Å². The lowest BCUT2D eigenvalue weighted by Gasteiger charge is -2.24. The lowest BCUT2D eigenvalue weighted by Crippen LogP contribution is -2.39. The molecule has 1 N–H and O–H groups in total. The summed E-state index contributed by atoms with van der Waals surface area (Å²) < 4.78 is 0. The van der Waals surface area contributed by atoms with E-state index in [1.807, 2.05) is 36.2 Å². The van der Waals surface area contributed by atoms with Crippen molar-refractivity contribution in [1.82, 2.24) is 4.90 Å². The molecule has 1 aliphatic carbocycles. The lowest BCUT2D eigenvalue weighted by molar-refractivity contribution is -0.143. The van der Waals surface area contributed by atoms with Crippen LogP contribution in [-0.4, -0.2) is 29.1 Å². The van der Waals surface area contributed by atoms with Crippen LogP contribution in [-0.2, 0) is 11.3 Å². The van der Waals surface area contributed by atoms with Crippen molar-refractivity contribution in [2.75, 3.05) is 7.05 Å². The number of nitrogens with zero attached hydrogens (tertiary/aromatic N) is 1. The third-order valence-corrected chi connectivity index (χ3v) is 3.35. The summed E-state index contributed by atoms with van der Waals surface area (Å²) in [4.78, 5) is 13.1. The molecule has 3 nitrogen and oxygen atoms in total. The molecular formula is C13H16ClNO2. The fraction of sp³-hybridized carbons (Fsp3) is 0.462. The molecule has 0 saturated heterocycles. The van der Waals surface area contributed by atoms with Gasteiger partial charge in [-0.2, -0.15) is 0 Å². The van der Waals surface area contributed by atoms with Crippen LogP contribution in [0.2, 0.25) is 5.02 Å². The lowest BCUT2D eigenvalue weighted by atomic mass is 10.1. The van der Waals surface area contributed by atoms with E-state index in [-0.39, 0.29) is 6.04 Å². The van der Waals surface area contributed by atoms with Gasteiger partial charge >= 0.3 is 5.97 Å². The van der Waals surface area contributed by atoms with E-state index in [1.54, 1.807) is 0 Å². The Hall–Kier alpha value is -1.06. The average molecular weight is 254 g/mol. The molecule has 17 heavy (non-hydrogen) atoms. The van der Waals surface area contributed by atoms with Gasteiger partial charge in [-0.05, 0) is 43.5 Å². The SMILES string of the molecule is CN(Cc1cccc(Cl)c1)C(C(=O)O)C1CC1. The normalized spacial score (nSPS) is 17.1. The first-order valence-electron chi connectivity index (χ1n) is 5.75. The molecule has 0 amide bonds. The number of hydrogen-bond donors (Lipinski definition) is 1. The van der Waals surface area contributed by atoms with Crippen LogP contribution in [0.1, 0.15) is 18.4 Å². The van der Waals surface area contributed by atoms with Crippen molar-refractivity contribution < 1.29 is 9.90 Å². The van der Waals surface area contributed by atoms with Crippen LogP contribution >= 0.6 is 11.6 Å². The van der Waals surface area contributed by atoms with E-state index in [0.717, 1.165) is 18.4 Å². The summed E-state index contributed by atoms with van der Waals surface area (Å²) in [6.45, 7) is 0.619. The molecule has 1 fully saturated rings. The summed E-state index contributed by atoms with van der Waals surface area (Å²) in [5.74, 6) is -0.409. The zero-order valence-corrected chi connectivity index (χ0v) is 10.5. The zero-order valence-electron chi connectivity index (χ0n) is 9.77. The highest BCUT2D eigenvalue weighted by atomic mass is 35.5. The van der Waals surface area contributed by atoms with E-state index in [0.29, 0.717) is 17.5 Å². The van der Waals surface area contributed by atoms with Crippen LogP contribution in [0.5, 0.6) is 0 Å². The highest BCUT2D eigenvalue weighted by molar-refractivity contribution is 6.30. The zero-order chi connectivity index (χ0) is 12.4. The maximum absolute atomic E-state index is 11.2. The third-order valence-electron chi connectivity index (χ3n) is 3.12. The minimum absolute atomic E-state index is 0.316. The van der Waals surface area contributed by atoms with E-state index in [2.05, 4.69) is 0 Å². The van der Waals surface area contributed by atoms with Gasteiger partial charge in [-0.3, -0.25) is 9.69 Å². The number of halogens is 1. The van der Waals surface area contributed by atoms with Gasteiger partial charge in [-0.25, -0.2) is 0 Å². The molecule has 2 rings (SSSR count). The van der Waals surface area contributed by atoms with Gasteiger partial charge in [0.2, 0.25) is 0 Å². The molecule has 92 valence electrons. The number of aliphatic carboxylic acids is 1. The Morgan fingerprint density at radius 2 is 2.29 bits per heavy atom. The third kappa shape index (κ3) is 3.20. The first kappa shape index (κ1) is 12.4. The first-order valence-corrected chi connectivity index (χ1v) is 6.13. The van der Waals surface area contributed by atoms with Crippen molar-refractivity contribution in [1.29, 1.82) is 0 Å². The Balaban J connectivity index is 2.04. The Bertz CT molecular complexity index is 418. The van der Waals surface area contributed by atoms with Gasteiger partial charge < -0.3 is 5.11 Å². The summed E-state index contributed by atoms with van der Waals surface area (Å²) in [5.41, 5.74) is 1.05. The Labute approximate surface area is 106 Å². The molecule has 4 heteroatoms. The number of carboxylic acid groups (broad SMARTS) is 1. The van der Waals surface area contributed by atoms with Crippen LogP contribution in [0.25, 0.3) is 0 Å². The summed E-state index contributed by atoms with van der Waals surface area (Å²) in [6, 6.07) is 7.19. The van der Waals surface area contributed by atoms with E-state index >= 15 is 0 Å². The fourth-order valence-corrected chi connectivity index (χ4v) is 2.40. The van der Waals surface area contributed by atoms with Gasteiger partial charge in [-0.1, -0.05) is 23.7 Å². The van der Waals surface area contributed by atoms with Gasteiger partial charge in [0, 0.05) is 11.6 Å². The maximum atomic E-state index is 11.2. The Kier molecular flexibility index (Phi) is 3.69. The van der Waals surface area contributed by atoms with Gasteiger partial charge in [0.05, 0.1) is 0 Å². The molecule has 1 saturated carbocycles. The number of carboxylic acids is 1. The Morgan fingerprint density at radius 3 is 2.82 bits per heavy atom. The minimum atomic E-state index is -0.725. The summed E-state index contributed by atoms with van der Waals surface area (Å²) in [7, 11) is 1.86. The van der Waals surface area contributed by atoms with Gasteiger partial charge in [0.15, 0.2) is 0 Å². The van der Waals surface area contributed by atoms with Crippen LogP contribution < -0.4 is 0 Å². The summed E-state index contributed by atoms with van der Waals surface area (Å²) in [6.07, 6.45) is 2.05. The fourth-order valence-electron chi connectivity index (χ4n) is 2.18. The predicted molar refractivity (Wildman–Crippen MR) is 67.1 cm³/mol. The molecule has 1 aromatic carbocycles. The molecule has 1 unspecified atom stereocenters. The van der Waals surface area contributed by atoms with Gasteiger partial charge in [-0.15, -0.1) is 0 Å². The molecule has 1 aliphatic rings. The van der Waals surface area contributed by atoms with Crippen molar-refractivity contribution in [3.63, 3.8) is 0 Å². The van der Waals surface area contributed by atoms with Crippen LogP contribution in [0.3, 0.4) is 0 Å². The monoisotopic (exact) mass is 253 g/mol. The van der Waals surface area contributed by atoms with E-state index < -0.39 is 5.97 Å². The highest BCUT2D eigenvalue weighted by Gasteiger charge is 2.38. The molecular weight excluding hydrogens is 238 g/mol. The molecule has 0 heterocycles. The van der Waals surface area contributed by atoms with E-state index in [1.165, 1.54) is 0 Å².